The van der Waals surface area contributed by atoms with Gasteiger partial charge in [0, 0.05) is 27.4 Å². The Labute approximate surface area is 122 Å². The van der Waals surface area contributed by atoms with Gasteiger partial charge in [0.2, 0.25) is 0 Å². The van der Waals surface area contributed by atoms with Crippen molar-refractivity contribution in [3.63, 3.8) is 0 Å². The van der Waals surface area contributed by atoms with Crippen LogP contribution in [0.15, 0.2) is 28.7 Å². The van der Waals surface area contributed by atoms with Crippen LogP contribution in [-0.2, 0) is 0 Å². The fraction of sp³-hybridized carbons (Fsp3) is 0.467. The van der Waals surface area contributed by atoms with Crippen molar-refractivity contribution in [3.05, 3.63) is 35.6 Å². The van der Waals surface area contributed by atoms with Gasteiger partial charge in [-0.05, 0) is 25.1 Å². The Kier molecular flexibility index (Phi) is 3.83. The summed E-state index contributed by atoms with van der Waals surface area (Å²) < 4.78 is 5.94. The second-order valence-electron chi connectivity index (χ2n) is 5.13. The Morgan fingerprint density at radius 1 is 1.26 bits per heavy atom. The number of aryl methyl sites for hydroxylation is 1. The molecule has 1 aromatic heterocycles. The number of benzene rings is 1. The van der Waals surface area contributed by atoms with Gasteiger partial charge in [-0.25, -0.2) is 0 Å². The van der Waals surface area contributed by atoms with Crippen molar-refractivity contribution in [2.75, 3.05) is 11.5 Å². The third-order valence-corrected chi connectivity index (χ3v) is 6.83. The van der Waals surface area contributed by atoms with E-state index in [-0.39, 0.29) is 6.04 Å². The first-order valence-corrected chi connectivity index (χ1v) is 8.74. The molecular weight excluding hydrogens is 274 g/mol. The molecule has 2 heterocycles. The highest BCUT2D eigenvalue weighted by atomic mass is 32.2. The van der Waals surface area contributed by atoms with Gasteiger partial charge in [-0.15, -0.1) is 0 Å². The molecule has 2 N–H and O–H groups in total. The highest BCUT2D eigenvalue weighted by Gasteiger charge is 2.30. The summed E-state index contributed by atoms with van der Waals surface area (Å²) in [5.41, 5.74) is 8.63. The minimum Gasteiger partial charge on any atom is -0.459 e. The van der Waals surface area contributed by atoms with Gasteiger partial charge in [0.1, 0.15) is 11.3 Å². The zero-order chi connectivity index (χ0) is 13.4. The highest BCUT2D eigenvalue weighted by molar-refractivity contribution is 8.07. The number of fused-ring (bicyclic) bond motifs is 1. The van der Waals surface area contributed by atoms with Crippen LogP contribution in [0.1, 0.15) is 24.3 Å². The van der Waals surface area contributed by atoms with Gasteiger partial charge in [-0.2, -0.15) is 23.5 Å². The molecule has 0 spiro atoms. The summed E-state index contributed by atoms with van der Waals surface area (Å²) in [6, 6.07) is 8.36. The van der Waals surface area contributed by atoms with Gasteiger partial charge >= 0.3 is 0 Å². The molecule has 1 fully saturated rings. The van der Waals surface area contributed by atoms with Crippen molar-refractivity contribution in [2.45, 2.75) is 30.4 Å². The van der Waals surface area contributed by atoms with E-state index in [4.69, 9.17) is 10.2 Å². The van der Waals surface area contributed by atoms with Gasteiger partial charge in [-0.3, -0.25) is 0 Å². The van der Waals surface area contributed by atoms with E-state index in [1.807, 2.05) is 29.6 Å². The fourth-order valence-corrected chi connectivity index (χ4v) is 5.41. The Hall–Kier alpha value is -0.580. The summed E-state index contributed by atoms with van der Waals surface area (Å²) in [6.45, 7) is 4.37. The maximum absolute atomic E-state index is 6.43. The van der Waals surface area contributed by atoms with Crippen LogP contribution in [0.25, 0.3) is 11.0 Å². The van der Waals surface area contributed by atoms with Crippen molar-refractivity contribution in [1.29, 1.82) is 0 Å². The van der Waals surface area contributed by atoms with Crippen LogP contribution in [-0.4, -0.2) is 22.0 Å². The number of hydrogen-bond acceptors (Lipinski definition) is 4. The third kappa shape index (κ3) is 2.67. The molecule has 19 heavy (non-hydrogen) atoms. The van der Waals surface area contributed by atoms with Crippen LogP contribution >= 0.6 is 23.5 Å². The minimum atomic E-state index is -0.0134. The lowest BCUT2D eigenvalue weighted by Gasteiger charge is -2.31. The molecular formula is C15H19NOS2. The molecule has 2 nitrogen and oxygen atoms in total. The number of thioether (sulfide) groups is 2. The maximum Gasteiger partial charge on any atom is 0.134 e. The van der Waals surface area contributed by atoms with Crippen molar-refractivity contribution in [3.8, 4) is 0 Å². The van der Waals surface area contributed by atoms with Gasteiger partial charge in [0.05, 0.1) is 6.04 Å². The SMILES string of the molecule is Cc1ccc2oc(C(N)C3SCCSC3C)cc2c1. The molecule has 0 amide bonds. The van der Waals surface area contributed by atoms with E-state index in [9.17, 15) is 0 Å². The molecule has 1 aliphatic heterocycles. The van der Waals surface area contributed by atoms with Crippen LogP contribution in [0.4, 0.5) is 0 Å². The van der Waals surface area contributed by atoms with Crippen molar-refractivity contribution < 1.29 is 4.42 Å². The average molecular weight is 293 g/mol. The molecule has 102 valence electrons. The molecule has 0 aliphatic carbocycles. The van der Waals surface area contributed by atoms with E-state index >= 15 is 0 Å². The molecule has 0 bridgehead atoms. The maximum atomic E-state index is 6.43. The van der Waals surface area contributed by atoms with Crippen molar-refractivity contribution in [2.24, 2.45) is 5.73 Å². The van der Waals surface area contributed by atoms with Crippen LogP contribution < -0.4 is 5.73 Å². The molecule has 1 saturated heterocycles. The Balaban J connectivity index is 1.90. The van der Waals surface area contributed by atoms with E-state index in [0.29, 0.717) is 10.5 Å². The largest absolute Gasteiger partial charge is 0.459 e. The molecule has 0 radical (unpaired) electrons. The second kappa shape index (κ2) is 5.43. The monoisotopic (exact) mass is 293 g/mol. The van der Waals surface area contributed by atoms with Gasteiger partial charge < -0.3 is 10.2 Å². The first-order valence-electron chi connectivity index (χ1n) is 6.64. The summed E-state index contributed by atoms with van der Waals surface area (Å²) in [7, 11) is 0. The Bertz CT molecular complexity index is 581. The van der Waals surface area contributed by atoms with E-state index in [1.54, 1.807) is 0 Å². The van der Waals surface area contributed by atoms with Crippen molar-refractivity contribution in [1.82, 2.24) is 0 Å². The molecule has 3 rings (SSSR count). The van der Waals surface area contributed by atoms with E-state index < -0.39 is 0 Å². The number of rotatable bonds is 2. The topological polar surface area (TPSA) is 39.2 Å². The van der Waals surface area contributed by atoms with E-state index in [1.165, 1.54) is 17.1 Å². The second-order valence-corrected chi connectivity index (χ2v) is 7.90. The van der Waals surface area contributed by atoms with E-state index in [2.05, 4.69) is 32.0 Å². The molecule has 3 atom stereocenters. The molecule has 2 aromatic rings. The minimum absolute atomic E-state index is 0.0134. The standard InChI is InChI=1S/C15H19NOS2/c1-9-3-4-12-11(7-9)8-13(17-12)14(16)15-10(2)18-5-6-19-15/h3-4,7-8,10,14-15H,5-6,16H2,1-2H3. The Morgan fingerprint density at radius 2 is 2.05 bits per heavy atom. The lowest BCUT2D eigenvalue weighted by Crippen LogP contribution is -2.33. The van der Waals surface area contributed by atoms with Crippen LogP contribution in [0.3, 0.4) is 0 Å². The van der Waals surface area contributed by atoms with Gasteiger partial charge in [0.25, 0.3) is 0 Å². The predicted octanol–water partition coefficient (Wildman–Crippen LogP) is 3.98. The molecule has 3 unspecified atom stereocenters. The molecule has 1 aromatic carbocycles. The predicted molar refractivity (Wildman–Crippen MR) is 86.0 cm³/mol. The zero-order valence-corrected chi connectivity index (χ0v) is 12.9. The Morgan fingerprint density at radius 3 is 2.84 bits per heavy atom. The van der Waals surface area contributed by atoms with Crippen LogP contribution in [0.5, 0.6) is 0 Å². The summed E-state index contributed by atoms with van der Waals surface area (Å²) >= 11 is 4.00. The summed E-state index contributed by atoms with van der Waals surface area (Å²) in [5.74, 6) is 3.34. The fourth-order valence-electron chi connectivity index (χ4n) is 2.55. The third-order valence-electron chi connectivity index (χ3n) is 3.61. The normalized spacial score (nSPS) is 25.6. The smallest absolute Gasteiger partial charge is 0.134 e. The van der Waals surface area contributed by atoms with Crippen LogP contribution in [0, 0.1) is 6.92 Å². The number of hydrogen-bond donors (Lipinski definition) is 1. The first kappa shape index (κ1) is 13.4. The van der Waals surface area contributed by atoms with Crippen LogP contribution in [0.2, 0.25) is 0 Å². The quantitative estimate of drug-likeness (QED) is 0.909. The first-order chi connectivity index (χ1) is 9.15. The van der Waals surface area contributed by atoms with Gasteiger partial charge in [-0.1, -0.05) is 18.6 Å². The highest BCUT2D eigenvalue weighted by Crippen LogP contribution is 2.38. The lowest BCUT2D eigenvalue weighted by molar-refractivity contribution is 0.484. The van der Waals surface area contributed by atoms with Crippen molar-refractivity contribution >= 4 is 34.5 Å². The molecule has 4 heteroatoms. The van der Waals surface area contributed by atoms with Gasteiger partial charge in [0.15, 0.2) is 0 Å². The molecule has 0 saturated carbocycles. The number of furan rings is 1. The summed E-state index contributed by atoms with van der Waals surface area (Å²) in [6.07, 6.45) is 0. The average Bonchev–Trinajstić information content (AvgIpc) is 2.81. The summed E-state index contributed by atoms with van der Waals surface area (Å²) in [4.78, 5) is 0. The lowest BCUT2D eigenvalue weighted by atomic mass is 10.1. The zero-order valence-electron chi connectivity index (χ0n) is 11.3. The van der Waals surface area contributed by atoms with E-state index in [0.717, 1.165) is 16.7 Å². The molecule has 1 aliphatic rings. The summed E-state index contributed by atoms with van der Waals surface area (Å²) in [5, 5.41) is 2.19. The number of nitrogens with two attached hydrogens (primary N) is 1.